The van der Waals surface area contributed by atoms with Crippen molar-refractivity contribution in [2.75, 3.05) is 0 Å². The van der Waals surface area contributed by atoms with Crippen LogP contribution in [0.5, 0.6) is 0 Å². The number of nitrogens with zero attached hydrogens (tertiary/aromatic N) is 1. The molecule has 0 atom stereocenters. The molecule has 0 saturated heterocycles. The van der Waals surface area contributed by atoms with Crippen molar-refractivity contribution in [1.29, 1.82) is 0 Å². The molecule has 0 radical (unpaired) electrons. The molecule has 124 valence electrons. The summed E-state index contributed by atoms with van der Waals surface area (Å²) in [6.45, 7) is 0.912. The first-order chi connectivity index (χ1) is 11.6. The third kappa shape index (κ3) is 3.86. The van der Waals surface area contributed by atoms with Crippen molar-refractivity contribution in [3.8, 4) is 0 Å². The number of fused-ring (bicyclic) bond motifs is 1. The van der Waals surface area contributed by atoms with Gasteiger partial charge in [0.2, 0.25) is 5.91 Å². The molecule has 0 aliphatic rings. The van der Waals surface area contributed by atoms with Crippen LogP contribution in [0.15, 0.2) is 57.7 Å². The van der Waals surface area contributed by atoms with Gasteiger partial charge in [-0.25, -0.2) is 4.79 Å². The highest BCUT2D eigenvalue weighted by Crippen LogP contribution is 2.12. The summed E-state index contributed by atoms with van der Waals surface area (Å²) in [4.78, 5) is 23.7. The van der Waals surface area contributed by atoms with Crippen molar-refractivity contribution in [3.63, 3.8) is 0 Å². The lowest BCUT2D eigenvalue weighted by molar-refractivity contribution is -0.121. The van der Waals surface area contributed by atoms with Crippen LogP contribution in [-0.4, -0.2) is 10.5 Å². The predicted molar refractivity (Wildman–Crippen MR) is 93.0 cm³/mol. The molecule has 0 fully saturated rings. The van der Waals surface area contributed by atoms with Gasteiger partial charge in [0.15, 0.2) is 5.58 Å². The number of aromatic nitrogens is 1. The standard InChI is InChI=1S/C18H17ClN2O3/c19-14-9-7-13(8-10-14)12-20-17(22)6-3-11-21-15-4-1-2-5-16(15)24-18(21)23/h1-2,4-5,7-10H,3,6,11-12H2,(H,20,22). The van der Waals surface area contributed by atoms with E-state index in [-0.39, 0.29) is 5.91 Å². The van der Waals surface area contributed by atoms with Crippen LogP contribution in [0.1, 0.15) is 18.4 Å². The fourth-order valence-electron chi connectivity index (χ4n) is 2.51. The van der Waals surface area contributed by atoms with E-state index >= 15 is 0 Å². The molecule has 0 aliphatic heterocycles. The summed E-state index contributed by atoms with van der Waals surface area (Å²) in [6, 6.07) is 14.6. The van der Waals surface area contributed by atoms with Crippen LogP contribution in [0.3, 0.4) is 0 Å². The van der Waals surface area contributed by atoms with Gasteiger partial charge in [0.1, 0.15) is 0 Å². The van der Waals surface area contributed by atoms with Gasteiger partial charge in [0.25, 0.3) is 0 Å². The molecule has 0 aliphatic carbocycles. The number of para-hydroxylation sites is 2. The Morgan fingerprint density at radius 3 is 2.67 bits per heavy atom. The third-order valence-corrected chi connectivity index (χ3v) is 4.01. The van der Waals surface area contributed by atoms with Crippen molar-refractivity contribution >= 4 is 28.6 Å². The number of nitrogens with one attached hydrogen (secondary N) is 1. The second-order valence-corrected chi connectivity index (χ2v) is 5.93. The Bertz CT molecular complexity index is 897. The zero-order valence-corrected chi connectivity index (χ0v) is 13.8. The molecule has 0 saturated carbocycles. The number of amides is 1. The van der Waals surface area contributed by atoms with Gasteiger partial charge in [-0.05, 0) is 36.2 Å². The van der Waals surface area contributed by atoms with E-state index < -0.39 is 5.76 Å². The fraction of sp³-hybridized carbons (Fsp3) is 0.222. The van der Waals surface area contributed by atoms with Crippen LogP contribution in [0.2, 0.25) is 5.02 Å². The normalized spacial score (nSPS) is 10.9. The number of rotatable bonds is 6. The van der Waals surface area contributed by atoms with Crippen LogP contribution in [0.25, 0.3) is 11.1 Å². The molecule has 1 aromatic heterocycles. The molecule has 0 unspecified atom stereocenters. The molecule has 24 heavy (non-hydrogen) atoms. The molecule has 1 amide bonds. The Kier molecular flexibility index (Phi) is 5.01. The topological polar surface area (TPSA) is 64.2 Å². The molecule has 3 rings (SSSR count). The number of carbonyl (C=O) groups is 1. The molecule has 1 N–H and O–H groups in total. The minimum Gasteiger partial charge on any atom is -0.408 e. The Hall–Kier alpha value is -2.53. The van der Waals surface area contributed by atoms with E-state index in [1.54, 1.807) is 22.8 Å². The van der Waals surface area contributed by atoms with Gasteiger partial charge < -0.3 is 9.73 Å². The molecule has 2 aromatic carbocycles. The first-order valence-corrected chi connectivity index (χ1v) is 8.11. The van der Waals surface area contributed by atoms with Crippen molar-refractivity contribution in [1.82, 2.24) is 9.88 Å². The summed E-state index contributed by atoms with van der Waals surface area (Å²) in [6.07, 6.45) is 0.912. The van der Waals surface area contributed by atoms with Crippen LogP contribution < -0.4 is 11.1 Å². The number of carbonyl (C=O) groups excluding carboxylic acids is 1. The maximum Gasteiger partial charge on any atom is 0.419 e. The van der Waals surface area contributed by atoms with Gasteiger partial charge in [0.05, 0.1) is 5.52 Å². The third-order valence-electron chi connectivity index (χ3n) is 3.76. The van der Waals surface area contributed by atoms with E-state index in [1.165, 1.54) is 0 Å². The minimum absolute atomic E-state index is 0.0502. The molecule has 3 aromatic rings. The monoisotopic (exact) mass is 344 g/mol. The van der Waals surface area contributed by atoms with Gasteiger partial charge in [-0.2, -0.15) is 0 Å². The van der Waals surface area contributed by atoms with Crippen LogP contribution in [-0.2, 0) is 17.9 Å². The lowest BCUT2D eigenvalue weighted by atomic mass is 10.2. The average molecular weight is 345 g/mol. The maximum absolute atomic E-state index is 11.9. The van der Waals surface area contributed by atoms with Gasteiger partial charge >= 0.3 is 5.76 Å². The first kappa shape index (κ1) is 16.3. The molecule has 5 nitrogen and oxygen atoms in total. The van der Waals surface area contributed by atoms with E-state index in [4.69, 9.17) is 16.0 Å². The van der Waals surface area contributed by atoms with Crippen molar-refractivity contribution < 1.29 is 9.21 Å². The number of benzene rings is 2. The second kappa shape index (κ2) is 7.36. The summed E-state index contributed by atoms with van der Waals surface area (Å²) >= 11 is 5.82. The molecule has 0 bridgehead atoms. The molecular formula is C18H17ClN2O3. The van der Waals surface area contributed by atoms with Gasteiger partial charge in [-0.3, -0.25) is 9.36 Å². The highest BCUT2D eigenvalue weighted by molar-refractivity contribution is 6.30. The largest absolute Gasteiger partial charge is 0.419 e. The van der Waals surface area contributed by atoms with Crippen LogP contribution in [0, 0.1) is 0 Å². The zero-order valence-electron chi connectivity index (χ0n) is 13.0. The van der Waals surface area contributed by atoms with Crippen molar-refractivity contribution in [2.45, 2.75) is 25.9 Å². The summed E-state index contributed by atoms with van der Waals surface area (Å²) < 4.78 is 6.72. The fourth-order valence-corrected chi connectivity index (χ4v) is 2.64. The Morgan fingerprint density at radius 1 is 1.12 bits per heavy atom. The summed E-state index contributed by atoms with van der Waals surface area (Å²) in [5.41, 5.74) is 2.31. The number of hydrogen-bond acceptors (Lipinski definition) is 3. The molecule has 1 heterocycles. The maximum atomic E-state index is 11.9. The SMILES string of the molecule is O=C(CCCn1c(=O)oc2ccccc21)NCc1ccc(Cl)cc1. The lowest BCUT2D eigenvalue weighted by Crippen LogP contribution is -2.23. The molecular weight excluding hydrogens is 328 g/mol. The number of oxazole rings is 1. The average Bonchev–Trinajstić information content (AvgIpc) is 2.90. The lowest BCUT2D eigenvalue weighted by Gasteiger charge is -2.06. The number of halogens is 1. The Balaban J connectivity index is 1.50. The Labute approximate surface area is 143 Å². The minimum atomic E-state index is -0.391. The summed E-state index contributed by atoms with van der Waals surface area (Å²) in [5.74, 6) is -0.441. The summed E-state index contributed by atoms with van der Waals surface area (Å²) in [5, 5.41) is 3.53. The van der Waals surface area contributed by atoms with E-state index in [1.807, 2.05) is 30.3 Å². The first-order valence-electron chi connectivity index (χ1n) is 7.73. The van der Waals surface area contributed by atoms with E-state index in [2.05, 4.69) is 5.32 Å². The summed E-state index contributed by atoms with van der Waals surface area (Å²) in [7, 11) is 0. The van der Waals surface area contributed by atoms with E-state index in [0.717, 1.165) is 11.1 Å². The Morgan fingerprint density at radius 2 is 1.88 bits per heavy atom. The van der Waals surface area contributed by atoms with E-state index in [0.29, 0.717) is 36.5 Å². The molecule has 6 heteroatoms. The number of aryl methyl sites for hydroxylation is 1. The van der Waals surface area contributed by atoms with Crippen molar-refractivity contribution in [3.05, 3.63) is 69.7 Å². The van der Waals surface area contributed by atoms with E-state index in [9.17, 15) is 9.59 Å². The zero-order chi connectivity index (χ0) is 16.9. The predicted octanol–water partition coefficient (Wildman–Crippen LogP) is 3.34. The smallest absolute Gasteiger partial charge is 0.408 e. The van der Waals surface area contributed by atoms with Crippen molar-refractivity contribution in [2.24, 2.45) is 0 Å². The molecule has 0 spiro atoms. The van der Waals surface area contributed by atoms with Gasteiger partial charge in [0, 0.05) is 24.5 Å². The highest BCUT2D eigenvalue weighted by atomic mass is 35.5. The number of hydrogen-bond donors (Lipinski definition) is 1. The van der Waals surface area contributed by atoms with Gasteiger partial charge in [-0.15, -0.1) is 0 Å². The van der Waals surface area contributed by atoms with Crippen LogP contribution in [0.4, 0.5) is 0 Å². The quantitative estimate of drug-likeness (QED) is 0.745. The highest BCUT2D eigenvalue weighted by Gasteiger charge is 2.09. The van der Waals surface area contributed by atoms with Gasteiger partial charge in [-0.1, -0.05) is 35.9 Å². The van der Waals surface area contributed by atoms with Crippen LogP contribution >= 0.6 is 11.6 Å². The second-order valence-electron chi connectivity index (χ2n) is 5.49.